The van der Waals surface area contributed by atoms with E-state index in [1.165, 1.54) is 7.05 Å². The normalized spacial score (nSPS) is 27.6. The summed E-state index contributed by atoms with van der Waals surface area (Å²) in [6.45, 7) is -5.93. The van der Waals surface area contributed by atoms with Gasteiger partial charge in [-0.1, -0.05) is 11.8 Å². The van der Waals surface area contributed by atoms with Crippen molar-refractivity contribution in [3.05, 3.63) is 32.6 Å². The summed E-state index contributed by atoms with van der Waals surface area (Å²) < 4.78 is 39.4. The van der Waals surface area contributed by atoms with Gasteiger partial charge in [0.15, 0.2) is 0 Å². The van der Waals surface area contributed by atoms with Gasteiger partial charge in [-0.25, -0.2) is 9.11 Å². The third kappa shape index (κ3) is 11.3. The van der Waals surface area contributed by atoms with Crippen LogP contribution >= 0.6 is 22.4 Å². The topological polar surface area (TPSA) is 256 Å². The fraction of sp³-hybridized carbons (Fsp3) is 0.600. The number of H-pyrrole nitrogens is 1. The first kappa shape index (κ1) is 37.5. The molecule has 2 rings (SSSR count). The quantitative estimate of drug-likeness (QED) is 0.164. The number of aliphatic hydroxyl groups is 2. The van der Waals surface area contributed by atoms with Gasteiger partial charge < -0.3 is 43.6 Å². The fourth-order valence-corrected chi connectivity index (χ4v) is 6.20. The van der Waals surface area contributed by atoms with E-state index < -0.39 is 64.6 Å². The first-order chi connectivity index (χ1) is 13.5. The molecule has 1 aliphatic rings. The molecule has 1 aliphatic heterocycles. The predicted octanol–water partition coefficient (Wildman–Crippen LogP) is -13.2. The number of nitrogens with zero attached hydrogens (tertiary/aromatic N) is 1. The second kappa shape index (κ2) is 14.5. The SMILES string of the molecule is Cn1cc([C@@H]2O[C@H](COP([O-])(=S)OP(=O)([O-])OP(=O)([O-])O)[C@@H](O)[C@H]2O)c(=O)[nH]c1=O.[Na+].[Na+].[Na+]. The van der Waals surface area contributed by atoms with Gasteiger partial charge in [0, 0.05) is 13.2 Å². The molecule has 33 heavy (non-hydrogen) atoms. The third-order valence-electron chi connectivity index (χ3n) is 3.60. The molecule has 0 bridgehead atoms. The van der Waals surface area contributed by atoms with Gasteiger partial charge in [0.05, 0.1) is 12.2 Å². The summed E-state index contributed by atoms with van der Waals surface area (Å²) in [4.78, 5) is 67.2. The molecule has 0 aliphatic carbocycles. The van der Waals surface area contributed by atoms with E-state index in [-0.39, 0.29) is 94.2 Å². The zero-order chi connectivity index (χ0) is 23.1. The summed E-state index contributed by atoms with van der Waals surface area (Å²) in [5, 5.41) is 20.1. The first-order valence-corrected chi connectivity index (χ1v) is 13.1. The van der Waals surface area contributed by atoms with E-state index in [1.54, 1.807) is 0 Å². The van der Waals surface area contributed by atoms with E-state index in [2.05, 4.69) is 25.0 Å². The predicted molar refractivity (Wildman–Crippen MR) is 91.8 cm³/mol. The maximum atomic E-state index is 11.9. The molecule has 3 unspecified atom stereocenters. The summed E-state index contributed by atoms with van der Waals surface area (Å²) in [5.74, 6) is 0. The number of aryl methyl sites for hydroxylation is 1. The number of ether oxygens (including phenoxy) is 1. The molecule has 4 N–H and O–H groups in total. The Morgan fingerprint density at radius 2 is 1.70 bits per heavy atom. The van der Waals surface area contributed by atoms with Gasteiger partial charge in [-0.3, -0.25) is 23.2 Å². The molecule has 2 heterocycles. The van der Waals surface area contributed by atoms with Crippen LogP contribution in [0.3, 0.4) is 0 Å². The number of rotatable bonds is 8. The monoisotopic (exact) mass is 580 g/mol. The Labute approximate surface area is 257 Å². The van der Waals surface area contributed by atoms with Crippen LogP contribution in [0.1, 0.15) is 11.7 Å². The van der Waals surface area contributed by atoms with E-state index in [0.29, 0.717) is 0 Å². The second-order valence-electron chi connectivity index (χ2n) is 5.85. The number of phosphoric acid groups is 2. The zero-order valence-electron chi connectivity index (χ0n) is 17.6. The van der Waals surface area contributed by atoms with Crippen LogP contribution < -0.4 is 115 Å². The van der Waals surface area contributed by atoms with E-state index in [4.69, 9.17) is 9.63 Å². The molecule has 172 valence electrons. The van der Waals surface area contributed by atoms with Crippen molar-refractivity contribution in [2.45, 2.75) is 24.4 Å². The molecule has 7 atom stereocenters. The van der Waals surface area contributed by atoms with Crippen molar-refractivity contribution < 1.29 is 145 Å². The minimum absolute atomic E-state index is 0. The van der Waals surface area contributed by atoms with Crippen molar-refractivity contribution in [1.29, 1.82) is 0 Å². The number of nitrogens with one attached hydrogen (secondary N) is 1. The van der Waals surface area contributed by atoms with E-state index >= 15 is 0 Å². The Kier molecular flexibility index (Phi) is 16.5. The number of aromatic nitrogens is 2. The molecule has 0 amide bonds. The van der Waals surface area contributed by atoms with E-state index in [0.717, 1.165) is 10.8 Å². The van der Waals surface area contributed by atoms with Crippen molar-refractivity contribution in [2.24, 2.45) is 7.05 Å². The van der Waals surface area contributed by atoms with Crippen molar-refractivity contribution in [3.63, 3.8) is 0 Å². The van der Waals surface area contributed by atoms with Crippen LogP contribution in [0.5, 0.6) is 0 Å². The number of aliphatic hydroxyl groups excluding tert-OH is 2. The Morgan fingerprint density at radius 3 is 2.21 bits per heavy atom. The Hall–Kier alpha value is 2.39. The van der Waals surface area contributed by atoms with Gasteiger partial charge in [-0.05, 0) is 0 Å². The van der Waals surface area contributed by atoms with E-state index in [1.807, 2.05) is 4.98 Å². The average molecular weight is 580 g/mol. The minimum Gasteiger partial charge on any atom is -0.779 e. The molecule has 0 saturated carbocycles. The number of hydrogen-bond donors (Lipinski definition) is 4. The molecular weight excluding hydrogens is 566 g/mol. The molecule has 16 nitrogen and oxygen atoms in total. The van der Waals surface area contributed by atoms with Crippen molar-refractivity contribution >= 4 is 34.2 Å². The number of hydrogen-bond acceptors (Lipinski definition) is 14. The van der Waals surface area contributed by atoms with Crippen molar-refractivity contribution in [2.75, 3.05) is 6.61 Å². The van der Waals surface area contributed by atoms with Gasteiger partial charge >= 0.3 is 94.4 Å². The molecule has 1 fully saturated rings. The molecule has 0 radical (unpaired) electrons. The molecule has 1 aromatic rings. The second-order valence-corrected chi connectivity index (χ2v) is 11.5. The maximum Gasteiger partial charge on any atom is 1.00 e. The fourth-order valence-electron chi connectivity index (χ4n) is 2.38. The summed E-state index contributed by atoms with van der Waals surface area (Å²) >= 11 is 4.25. The Bertz CT molecular complexity index is 1060. The van der Waals surface area contributed by atoms with E-state index in [9.17, 15) is 43.6 Å². The van der Waals surface area contributed by atoms with Gasteiger partial charge in [0.25, 0.3) is 21.2 Å². The molecular formula is C10H14N2Na3O14P3S. The maximum absolute atomic E-state index is 11.9. The first-order valence-electron chi connectivity index (χ1n) is 7.56. The summed E-state index contributed by atoms with van der Waals surface area (Å²) in [6, 6.07) is 0. The largest absolute Gasteiger partial charge is 1.00 e. The zero-order valence-corrected chi connectivity index (χ0v) is 27.1. The summed E-state index contributed by atoms with van der Waals surface area (Å²) in [7, 11) is -10.4. The molecule has 1 aromatic heterocycles. The minimum atomic E-state index is -5.90. The van der Waals surface area contributed by atoms with Crippen molar-refractivity contribution in [1.82, 2.24) is 9.55 Å². The Morgan fingerprint density at radius 1 is 1.15 bits per heavy atom. The van der Waals surface area contributed by atoms with Gasteiger partial charge in [-0.15, -0.1) is 0 Å². The van der Waals surface area contributed by atoms with Crippen LogP contribution in [0.15, 0.2) is 15.8 Å². The van der Waals surface area contributed by atoms with Crippen LogP contribution in [0.4, 0.5) is 0 Å². The third-order valence-corrected chi connectivity index (χ3v) is 8.21. The average Bonchev–Trinajstić information content (AvgIpc) is 2.81. The van der Waals surface area contributed by atoms with Gasteiger partial charge in [0.2, 0.25) is 0 Å². The molecule has 1 saturated heterocycles. The van der Waals surface area contributed by atoms with Gasteiger partial charge in [-0.2, -0.15) is 0 Å². The standard InChI is InChI=1S/C10H17N2O14P3S.3Na/c1-12-2-4(9(15)11-10(12)16)8-7(14)6(13)5(24-8)3-23-29(22,30)26-28(20,21)25-27(17,18)19;;;/h2,5-8,13-14H,3H2,1H3,(H,20,21)(H,22,30)(H,11,15,16)(H2,17,18,19);;;/q;3*+1/p-3/t5-,6-,7-,8+,29?;;;/m1.../s1. The van der Waals surface area contributed by atoms with Crippen LogP contribution in [0.25, 0.3) is 0 Å². The smallest absolute Gasteiger partial charge is 0.779 e. The Balaban J connectivity index is 0. The molecule has 23 heteroatoms. The molecule has 0 aromatic carbocycles. The van der Waals surface area contributed by atoms with Crippen LogP contribution in [-0.4, -0.2) is 49.6 Å². The van der Waals surface area contributed by atoms with Crippen LogP contribution in [-0.2, 0) is 45.9 Å². The van der Waals surface area contributed by atoms with Crippen molar-refractivity contribution in [3.8, 4) is 0 Å². The summed E-state index contributed by atoms with van der Waals surface area (Å²) in [6.07, 6.45) is -5.36. The number of aromatic amines is 1. The molecule has 0 spiro atoms. The van der Waals surface area contributed by atoms with Gasteiger partial charge in [0.1, 0.15) is 31.1 Å². The van der Waals surface area contributed by atoms with Crippen LogP contribution in [0, 0.1) is 0 Å². The van der Waals surface area contributed by atoms with Crippen LogP contribution in [0.2, 0.25) is 0 Å². The summed E-state index contributed by atoms with van der Waals surface area (Å²) in [5.41, 5.74) is -1.91.